The van der Waals surface area contributed by atoms with Crippen molar-refractivity contribution in [2.24, 2.45) is 0 Å². The molecule has 3 heterocycles. The zero-order chi connectivity index (χ0) is 20.4. The van der Waals surface area contributed by atoms with Gasteiger partial charge in [-0.05, 0) is 38.6 Å². The molecule has 2 atom stereocenters. The van der Waals surface area contributed by atoms with E-state index >= 15 is 0 Å². The Morgan fingerprint density at radius 1 is 1.24 bits per heavy atom. The molecule has 1 saturated heterocycles. The van der Waals surface area contributed by atoms with Crippen LogP contribution >= 0.6 is 0 Å². The lowest BCUT2D eigenvalue weighted by atomic mass is 10.0. The fourth-order valence-corrected chi connectivity index (χ4v) is 3.92. The molecule has 0 bridgehead atoms. The molecular formula is C22H27N5O2. The lowest BCUT2D eigenvalue weighted by molar-refractivity contribution is 0.00885. The van der Waals surface area contributed by atoms with Crippen molar-refractivity contribution in [1.29, 1.82) is 0 Å². The van der Waals surface area contributed by atoms with E-state index < -0.39 is 6.10 Å². The molecule has 2 aromatic heterocycles. The first-order chi connectivity index (χ1) is 14.0. The Morgan fingerprint density at radius 3 is 2.79 bits per heavy atom. The standard InChI is InChI=1S/C22H27N5O2/c1-25(2)19-14-26(11-9-20(19)28)22(29)17-12-18-21(23-13-17)27(15-24-18)10-8-16-6-4-3-5-7-16/h3-7,12-13,15,19-20,28H,8-11,14H2,1-2H3/t19-,20+/m1/s1. The van der Waals surface area contributed by atoms with Gasteiger partial charge in [-0.1, -0.05) is 30.3 Å². The third kappa shape index (κ3) is 4.16. The molecule has 7 nitrogen and oxygen atoms in total. The monoisotopic (exact) mass is 393 g/mol. The molecule has 4 rings (SSSR count). The van der Waals surface area contributed by atoms with Crippen molar-refractivity contribution in [2.75, 3.05) is 27.2 Å². The summed E-state index contributed by atoms with van der Waals surface area (Å²) in [5.74, 6) is -0.0583. The van der Waals surface area contributed by atoms with Crippen LogP contribution in [0.1, 0.15) is 22.3 Å². The molecule has 1 aromatic carbocycles. The first-order valence-corrected chi connectivity index (χ1v) is 10.0. The van der Waals surface area contributed by atoms with Gasteiger partial charge in [0.15, 0.2) is 5.65 Å². The summed E-state index contributed by atoms with van der Waals surface area (Å²) >= 11 is 0. The Bertz CT molecular complexity index is 985. The van der Waals surface area contributed by atoms with E-state index in [1.165, 1.54) is 5.56 Å². The van der Waals surface area contributed by atoms with E-state index in [0.717, 1.165) is 24.1 Å². The minimum absolute atomic E-state index is 0.0541. The number of aryl methyl sites for hydroxylation is 2. The molecule has 0 radical (unpaired) electrons. The molecule has 152 valence electrons. The Hall–Kier alpha value is -2.77. The highest BCUT2D eigenvalue weighted by Gasteiger charge is 2.32. The Morgan fingerprint density at radius 2 is 2.03 bits per heavy atom. The number of likely N-dealkylation sites (tertiary alicyclic amines) is 1. The van der Waals surface area contributed by atoms with Crippen LogP contribution in [0.2, 0.25) is 0 Å². The van der Waals surface area contributed by atoms with Crippen molar-refractivity contribution < 1.29 is 9.90 Å². The SMILES string of the molecule is CN(C)[C@@H]1CN(C(=O)c2cnc3c(c2)ncn3CCc2ccccc2)CC[C@@H]1O. The van der Waals surface area contributed by atoms with Gasteiger partial charge >= 0.3 is 0 Å². The molecular weight excluding hydrogens is 366 g/mol. The number of pyridine rings is 1. The Labute approximate surface area is 170 Å². The predicted octanol–water partition coefficient (Wildman–Crippen LogP) is 1.81. The summed E-state index contributed by atoms with van der Waals surface area (Å²) in [6.07, 6.45) is 4.50. The van der Waals surface area contributed by atoms with Crippen LogP contribution in [0.5, 0.6) is 0 Å². The summed E-state index contributed by atoms with van der Waals surface area (Å²) in [5, 5.41) is 10.2. The average molecular weight is 393 g/mol. The van der Waals surface area contributed by atoms with Crippen molar-refractivity contribution in [2.45, 2.75) is 31.5 Å². The van der Waals surface area contributed by atoms with Gasteiger partial charge in [-0.3, -0.25) is 4.79 Å². The van der Waals surface area contributed by atoms with Crippen LogP contribution in [-0.4, -0.2) is 74.7 Å². The lowest BCUT2D eigenvalue weighted by Crippen LogP contribution is -2.54. The van der Waals surface area contributed by atoms with E-state index in [1.807, 2.05) is 47.8 Å². The molecule has 1 fully saturated rings. The first kappa shape index (κ1) is 19.5. The molecule has 1 amide bonds. The fraction of sp³-hybridized carbons (Fsp3) is 0.409. The number of aliphatic hydroxyl groups excluding tert-OH is 1. The van der Waals surface area contributed by atoms with E-state index in [9.17, 15) is 9.90 Å². The van der Waals surface area contributed by atoms with Crippen molar-refractivity contribution in [3.05, 3.63) is 60.0 Å². The van der Waals surface area contributed by atoms with Crippen LogP contribution in [0.25, 0.3) is 11.2 Å². The van der Waals surface area contributed by atoms with Crippen LogP contribution in [-0.2, 0) is 13.0 Å². The van der Waals surface area contributed by atoms with E-state index in [4.69, 9.17) is 0 Å². The number of fused-ring (bicyclic) bond motifs is 1. The number of hydrogen-bond acceptors (Lipinski definition) is 5. The minimum atomic E-state index is -0.407. The predicted molar refractivity (Wildman–Crippen MR) is 112 cm³/mol. The smallest absolute Gasteiger partial charge is 0.255 e. The molecule has 0 unspecified atom stereocenters. The van der Waals surface area contributed by atoms with E-state index in [0.29, 0.717) is 25.1 Å². The molecule has 1 aliphatic rings. The van der Waals surface area contributed by atoms with E-state index in [-0.39, 0.29) is 11.9 Å². The quantitative estimate of drug-likeness (QED) is 0.716. The van der Waals surface area contributed by atoms with Gasteiger partial charge in [-0.15, -0.1) is 0 Å². The number of aromatic nitrogens is 3. The second-order valence-electron chi connectivity index (χ2n) is 7.88. The second kappa shape index (κ2) is 8.31. The summed E-state index contributed by atoms with van der Waals surface area (Å²) in [6, 6.07) is 12.1. The van der Waals surface area contributed by atoms with E-state index in [2.05, 4.69) is 22.1 Å². The van der Waals surface area contributed by atoms with Gasteiger partial charge in [0.25, 0.3) is 5.91 Å². The molecule has 3 aromatic rings. The summed E-state index contributed by atoms with van der Waals surface area (Å²) in [7, 11) is 3.86. The van der Waals surface area contributed by atoms with Crippen molar-refractivity contribution in [3.8, 4) is 0 Å². The number of carbonyl (C=O) groups is 1. The topological polar surface area (TPSA) is 74.5 Å². The molecule has 7 heteroatoms. The highest BCUT2D eigenvalue weighted by atomic mass is 16.3. The number of hydrogen-bond donors (Lipinski definition) is 1. The molecule has 0 saturated carbocycles. The van der Waals surface area contributed by atoms with Crippen LogP contribution in [0, 0.1) is 0 Å². The highest BCUT2D eigenvalue weighted by molar-refractivity contribution is 5.96. The molecule has 29 heavy (non-hydrogen) atoms. The molecule has 1 aliphatic heterocycles. The van der Waals surface area contributed by atoms with Gasteiger partial charge in [-0.2, -0.15) is 0 Å². The number of piperidine rings is 1. The number of aliphatic hydroxyl groups is 1. The maximum absolute atomic E-state index is 13.0. The molecule has 1 N–H and O–H groups in total. The number of carbonyl (C=O) groups excluding carboxylic acids is 1. The lowest BCUT2D eigenvalue weighted by Gasteiger charge is -2.39. The maximum atomic E-state index is 13.0. The van der Waals surface area contributed by atoms with Crippen LogP contribution in [0.3, 0.4) is 0 Å². The third-order valence-corrected chi connectivity index (χ3v) is 5.68. The Kier molecular flexibility index (Phi) is 5.60. The van der Waals surface area contributed by atoms with Gasteiger partial charge < -0.3 is 19.5 Å². The van der Waals surface area contributed by atoms with Gasteiger partial charge in [0.1, 0.15) is 5.52 Å². The van der Waals surface area contributed by atoms with Gasteiger partial charge in [-0.25, -0.2) is 9.97 Å². The number of imidazole rings is 1. The number of likely N-dealkylation sites (N-methyl/N-ethyl adjacent to an activating group) is 1. The molecule has 0 spiro atoms. The number of rotatable bonds is 5. The Balaban J connectivity index is 1.48. The minimum Gasteiger partial charge on any atom is -0.391 e. The third-order valence-electron chi connectivity index (χ3n) is 5.68. The largest absolute Gasteiger partial charge is 0.391 e. The van der Waals surface area contributed by atoms with Crippen molar-refractivity contribution in [1.82, 2.24) is 24.3 Å². The van der Waals surface area contributed by atoms with Gasteiger partial charge in [0.2, 0.25) is 0 Å². The first-order valence-electron chi connectivity index (χ1n) is 10.0. The number of amides is 1. The summed E-state index contributed by atoms with van der Waals surface area (Å²) in [4.78, 5) is 25.7. The normalized spacial score (nSPS) is 19.8. The van der Waals surface area contributed by atoms with Crippen molar-refractivity contribution in [3.63, 3.8) is 0 Å². The average Bonchev–Trinajstić information content (AvgIpc) is 3.15. The number of benzene rings is 1. The van der Waals surface area contributed by atoms with Crippen molar-refractivity contribution >= 4 is 17.1 Å². The maximum Gasteiger partial charge on any atom is 0.255 e. The summed E-state index contributed by atoms with van der Waals surface area (Å²) in [6.45, 7) is 1.85. The van der Waals surface area contributed by atoms with Crippen LogP contribution < -0.4 is 0 Å². The fourth-order valence-electron chi connectivity index (χ4n) is 3.92. The van der Waals surface area contributed by atoms with Gasteiger partial charge in [0, 0.05) is 25.8 Å². The van der Waals surface area contributed by atoms with E-state index in [1.54, 1.807) is 17.4 Å². The number of nitrogens with zero attached hydrogens (tertiary/aromatic N) is 5. The zero-order valence-electron chi connectivity index (χ0n) is 16.9. The highest BCUT2D eigenvalue weighted by Crippen LogP contribution is 2.19. The molecule has 0 aliphatic carbocycles. The van der Waals surface area contributed by atoms with Crippen LogP contribution in [0.15, 0.2) is 48.9 Å². The summed E-state index contributed by atoms with van der Waals surface area (Å²) < 4.78 is 2.02. The van der Waals surface area contributed by atoms with Gasteiger partial charge in [0.05, 0.1) is 24.0 Å². The summed E-state index contributed by atoms with van der Waals surface area (Å²) in [5.41, 5.74) is 3.33. The van der Waals surface area contributed by atoms with Crippen LogP contribution in [0.4, 0.5) is 0 Å². The zero-order valence-corrected chi connectivity index (χ0v) is 16.9. The second-order valence-corrected chi connectivity index (χ2v) is 7.88.